The van der Waals surface area contributed by atoms with Crippen LogP contribution in [0, 0.1) is 23.7 Å². The number of hydroxylamine groups is 1. The molecule has 7 atom stereocenters. The van der Waals surface area contributed by atoms with Gasteiger partial charge in [-0.2, -0.15) is 5.48 Å². The van der Waals surface area contributed by atoms with E-state index in [1.807, 2.05) is 7.05 Å². The number of nitrogens with one attached hydrogen (secondary N) is 4. The molecule has 0 radical (unpaired) electrons. The van der Waals surface area contributed by atoms with Crippen LogP contribution in [-0.2, 0) is 9.63 Å². The van der Waals surface area contributed by atoms with Crippen LogP contribution in [0.1, 0.15) is 45.4 Å². The van der Waals surface area contributed by atoms with Crippen LogP contribution >= 0.6 is 0 Å². The topological polar surface area (TPSA) is 77.7 Å². The van der Waals surface area contributed by atoms with Gasteiger partial charge in [-0.3, -0.25) is 20.4 Å². The number of hydrogen-bond donors (Lipinski definition) is 4. The lowest BCUT2D eigenvalue weighted by Crippen LogP contribution is -2.46. The molecule has 0 aromatic rings. The minimum absolute atomic E-state index is 0.142. The number of carbonyl (C=O) groups excluding carboxylic acids is 1. The van der Waals surface area contributed by atoms with E-state index in [2.05, 4.69) is 33.5 Å². The molecule has 1 amide bonds. The van der Waals surface area contributed by atoms with Crippen LogP contribution in [0.25, 0.3) is 0 Å². The Hall–Kier alpha value is -0.730. The summed E-state index contributed by atoms with van der Waals surface area (Å²) in [6.45, 7) is 3.88. The second kappa shape index (κ2) is 7.48. The Morgan fingerprint density at radius 1 is 1.24 bits per heavy atom. The smallest absolute Gasteiger partial charge is 0.223 e. The zero-order valence-corrected chi connectivity index (χ0v) is 15.5. The fourth-order valence-corrected chi connectivity index (χ4v) is 5.41. The van der Waals surface area contributed by atoms with Crippen molar-refractivity contribution >= 4 is 5.91 Å². The minimum atomic E-state index is 0.142. The van der Waals surface area contributed by atoms with E-state index >= 15 is 0 Å². The predicted octanol–water partition coefficient (Wildman–Crippen LogP) is 0.550. The van der Waals surface area contributed by atoms with Gasteiger partial charge in [0.1, 0.15) is 6.23 Å². The third-order valence-corrected chi connectivity index (χ3v) is 6.78. The van der Waals surface area contributed by atoms with E-state index in [-0.39, 0.29) is 24.4 Å². The van der Waals surface area contributed by atoms with Crippen molar-refractivity contribution in [3.63, 3.8) is 0 Å². The summed E-state index contributed by atoms with van der Waals surface area (Å²) >= 11 is 0. The van der Waals surface area contributed by atoms with Crippen LogP contribution in [0.2, 0.25) is 0 Å². The maximum Gasteiger partial charge on any atom is 0.223 e. The van der Waals surface area contributed by atoms with Gasteiger partial charge >= 0.3 is 0 Å². The van der Waals surface area contributed by atoms with E-state index in [9.17, 15) is 4.79 Å². The zero-order valence-electron chi connectivity index (χ0n) is 15.5. The van der Waals surface area contributed by atoms with E-state index in [0.29, 0.717) is 23.7 Å². The largest absolute Gasteiger partial charge is 0.350 e. The van der Waals surface area contributed by atoms with Gasteiger partial charge in [-0.05, 0) is 56.3 Å². The fraction of sp³-hybridized carbons (Fsp3) is 0.944. The van der Waals surface area contributed by atoms with Crippen molar-refractivity contribution in [1.29, 1.82) is 0 Å². The number of nitrogens with zero attached hydrogens (tertiary/aromatic N) is 1. The Kier molecular flexibility index (Phi) is 5.29. The molecule has 7 nitrogen and oxygen atoms in total. The molecule has 4 fully saturated rings. The van der Waals surface area contributed by atoms with Gasteiger partial charge in [-0.25, -0.2) is 5.01 Å². The van der Waals surface area contributed by atoms with Crippen LogP contribution in [0.4, 0.5) is 0 Å². The summed E-state index contributed by atoms with van der Waals surface area (Å²) < 4.78 is 0. The predicted molar refractivity (Wildman–Crippen MR) is 94.8 cm³/mol. The van der Waals surface area contributed by atoms with E-state index in [1.54, 1.807) is 0 Å². The number of carbonyl (C=O) groups is 1. The third kappa shape index (κ3) is 3.71. The highest BCUT2D eigenvalue weighted by Gasteiger charge is 2.45. The average Bonchev–Trinajstić information content (AvgIpc) is 3.33. The number of rotatable bonds is 4. The molecule has 2 aliphatic heterocycles. The van der Waals surface area contributed by atoms with Crippen molar-refractivity contribution < 1.29 is 9.63 Å². The molecule has 0 aromatic carbocycles. The molecule has 142 valence electrons. The second-order valence-electron chi connectivity index (χ2n) is 8.41. The summed E-state index contributed by atoms with van der Waals surface area (Å²) in [5.41, 5.74) is 6.45. The van der Waals surface area contributed by atoms with Crippen molar-refractivity contribution in [3.8, 4) is 0 Å². The molecule has 0 bridgehead atoms. The third-order valence-electron chi connectivity index (χ3n) is 6.78. The monoisotopic (exact) mass is 351 g/mol. The molecule has 2 heterocycles. The first-order valence-electron chi connectivity index (χ1n) is 10.1. The highest BCUT2D eigenvalue weighted by molar-refractivity contribution is 5.79. The van der Waals surface area contributed by atoms with Gasteiger partial charge in [0, 0.05) is 26.1 Å². The summed E-state index contributed by atoms with van der Waals surface area (Å²) in [4.78, 5) is 18.4. The Morgan fingerprint density at radius 3 is 2.80 bits per heavy atom. The molecular weight excluding hydrogens is 318 g/mol. The first kappa shape index (κ1) is 17.7. The van der Waals surface area contributed by atoms with Gasteiger partial charge < -0.3 is 5.32 Å². The molecule has 25 heavy (non-hydrogen) atoms. The molecular formula is C18H33N5O2. The second-order valence-corrected chi connectivity index (χ2v) is 8.41. The quantitative estimate of drug-likeness (QED) is 0.593. The van der Waals surface area contributed by atoms with Crippen LogP contribution < -0.4 is 21.5 Å². The van der Waals surface area contributed by atoms with Crippen LogP contribution in [0.5, 0.6) is 0 Å². The minimum Gasteiger partial charge on any atom is -0.350 e. The Labute approximate surface area is 150 Å². The van der Waals surface area contributed by atoms with E-state index in [4.69, 9.17) is 4.84 Å². The first-order valence-corrected chi connectivity index (χ1v) is 10.1. The zero-order chi connectivity index (χ0) is 17.4. The molecule has 4 rings (SSSR count). The highest BCUT2D eigenvalue weighted by Crippen LogP contribution is 2.48. The first-order chi connectivity index (χ1) is 12.1. The van der Waals surface area contributed by atoms with Crippen molar-refractivity contribution in [2.75, 3.05) is 20.1 Å². The van der Waals surface area contributed by atoms with Crippen molar-refractivity contribution in [3.05, 3.63) is 0 Å². The molecule has 4 N–H and O–H groups in total. The number of amides is 1. The number of fused-ring (bicyclic) bond motifs is 1. The molecule has 7 heteroatoms. The Bertz CT molecular complexity index is 490. The summed E-state index contributed by atoms with van der Waals surface area (Å²) in [6.07, 6.45) is 7.23. The maximum atomic E-state index is 12.8. The molecule has 7 unspecified atom stereocenters. The number of likely N-dealkylation sites (N-methyl/N-ethyl adjacent to an activating group) is 1. The molecule has 0 aromatic heterocycles. The molecule has 2 saturated carbocycles. The highest BCUT2D eigenvalue weighted by atomic mass is 16.7. The normalized spacial score (nSPS) is 44.8. The Balaban J connectivity index is 1.29. The molecule has 0 spiro atoms. The van der Waals surface area contributed by atoms with Crippen molar-refractivity contribution in [1.82, 2.24) is 26.5 Å². The van der Waals surface area contributed by atoms with Gasteiger partial charge in [0.2, 0.25) is 5.91 Å². The summed E-state index contributed by atoms with van der Waals surface area (Å²) in [7, 11) is 2.02. The summed E-state index contributed by atoms with van der Waals surface area (Å²) in [6, 6.07) is 0.253. The lowest BCUT2D eigenvalue weighted by molar-refractivity contribution is -0.127. The van der Waals surface area contributed by atoms with Crippen molar-refractivity contribution in [2.45, 2.75) is 63.9 Å². The van der Waals surface area contributed by atoms with Crippen LogP contribution in [0.15, 0.2) is 0 Å². The van der Waals surface area contributed by atoms with Gasteiger partial charge in [-0.15, -0.1) is 0 Å². The lowest BCUT2D eigenvalue weighted by Gasteiger charge is -2.36. The standard InChI is InChI=1S/C18H33N5O2/c1-3-16-21-17(22-25-16)12-5-6-14-11(8-12)4-7-15(14)18(24)20-13-9-19-23(2)10-13/h11-17,19,21-22H,3-10H2,1-2H3,(H,20,24). The fourth-order valence-electron chi connectivity index (χ4n) is 5.41. The van der Waals surface area contributed by atoms with Gasteiger partial charge in [0.25, 0.3) is 0 Å². The summed E-state index contributed by atoms with van der Waals surface area (Å²) in [5, 5.41) is 8.88. The van der Waals surface area contributed by atoms with Crippen LogP contribution in [-0.4, -0.2) is 49.5 Å². The molecule has 2 aliphatic carbocycles. The van der Waals surface area contributed by atoms with Gasteiger partial charge in [0.15, 0.2) is 0 Å². The maximum absolute atomic E-state index is 12.8. The number of hydrogen-bond acceptors (Lipinski definition) is 6. The van der Waals surface area contributed by atoms with Gasteiger partial charge in [0.05, 0.1) is 12.2 Å². The number of hydrazine groups is 1. The van der Waals surface area contributed by atoms with E-state index < -0.39 is 0 Å². The van der Waals surface area contributed by atoms with E-state index in [0.717, 1.165) is 25.9 Å². The Morgan fingerprint density at radius 2 is 2.08 bits per heavy atom. The average molecular weight is 351 g/mol. The summed E-state index contributed by atoms with van der Waals surface area (Å²) in [5.74, 6) is 2.41. The van der Waals surface area contributed by atoms with E-state index in [1.165, 1.54) is 25.7 Å². The molecule has 4 aliphatic rings. The van der Waals surface area contributed by atoms with Gasteiger partial charge in [-0.1, -0.05) is 6.92 Å². The SMILES string of the molecule is CCC1NC(C2CCC3C(CCC3C(=O)NC3CNN(C)C3)C2)NO1. The van der Waals surface area contributed by atoms with Crippen LogP contribution in [0.3, 0.4) is 0 Å². The lowest BCUT2D eigenvalue weighted by atomic mass is 9.72. The molecule has 2 saturated heterocycles. The van der Waals surface area contributed by atoms with Crippen molar-refractivity contribution in [2.24, 2.45) is 23.7 Å².